The highest BCUT2D eigenvalue weighted by molar-refractivity contribution is 5.73. The Hall–Kier alpha value is -3.12. The van der Waals surface area contributed by atoms with Crippen LogP contribution in [0.15, 0.2) is 59.2 Å². The second-order valence-electron chi connectivity index (χ2n) is 7.41. The van der Waals surface area contributed by atoms with Crippen LogP contribution in [0.25, 0.3) is 11.5 Å². The first kappa shape index (κ1) is 19.2. The summed E-state index contributed by atoms with van der Waals surface area (Å²) in [5.41, 5.74) is 3.93. The Bertz CT molecular complexity index is 963. The van der Waals surface area contributed by atoms with Gasteiger partial charge in [-0.3, -0.25) is 9.69 Å². The number of benzene rings is 2. The molecular weight excluding hydrogens is 368 g/mol. The lowest BCUT2D eigenvalue weighted by molar-refractivity contribution is -0.142. The third kappa shape index (κ3) is 4.66. The predicted octanol–water partition coefficient (Wildman–Crippen LogP) is 4.28. The normalized spacial score (nSPS) is 16.8. The van der Waals surface area contributed by atoms with Crippen molar-refractivity contribution in [1.82, 2.24) is 9.88 Å². The van der Waals surface area contributed by atoms with Gasteiger partial charge in [0, 0.05) is 12.1 Å². The first-order valence-electron chi connectivity index (χ1n) is 9.78. The molecule has 29 heavy (non-hydrogen) atoms. The Morgan fingerprint density at radius 3 is 2.69 bits per heavy atom. The van der Waals surface area contributed by atoms with Crippen molar-refractivity contribution in [2.45, 2.75) is 39.0 Å². The highest BCUT2D eigenvalue weighted by Gasteiger charge is 2.30. The highest BCUT2D eigenvalue weighted by Crippen LogP contribution is 2.23. The average Bonchev–Trinajstić information content (AvgIpc) is 3.38. The summed E-state index contributed by atoms with van der Waals surface area (Å²) in [4.78, 5) is 17.8. The van der Waals surface area contributed by atoms with Crippen molar-refractivity contribution in [1.29, 1.82) is 0 Å². The van der Waals surface area contributed by atoms with E-state index in [1.54, 1.807) is 6.26 Å². The summed E-state index contributed by atoms with van der Waals surface area (Å²) in [5, 5.41) is 9.30. The number of ether oxygens (including phenoxy) is 1. The van der Waals surface area contributed by atoms with Gasteiger partial charge in [0.05, 0.1) is 0 Å². The van der Waals surface area contributed by atoms with E-state index >= 15 is 0 Å². The van der Waals surface area contributed by atoms with Crippen LogP contribution in [-0.2, 0) is 17.9 Å². The van der Waals surface area contributed by atoms with Crippen molar-refractivity contribution in [3.63, 3.8) is 0 Å². The van der Waals surface area contributed by atoms with Gasteiger partial charge in [-0.05, 0) is 56.1 Å². The fraction of sp³-hybridized carbons (Fsp3) is 0.304. The minimum atomic E-state index is -0.736. The number of likely N-dealkylation sites (tertiary alicyclic amines) is 1. The third-order valence-corrected chi connectivity index (χ3v) is 5.19. The van der Waals surface area contributed by atoms with Crippen LogP contribution < -0.4 is 4.74 Å². The van der Waals surface area contributed by atoms with Crippen LogP contribution in [-0.4, -0.2) is 33.5 Å². The van der Waals surface area contributed by atoms with Crippen LogP contribution in [0.4, 0.5) is 0 Å². The first-order valence-corrected chi connectivity index (χ1v) is 9.78. The molecule has 2 aromatic carbocycles. The lowest BCUT2D eigenvalue weighted by Gasteiger charge is -2.21. The van der Waals surface area contributed by atoms with Crippen LogP contribution >= 0.6 is 0 Å². The smallest absolute Gasteiger partial charge is 0.320 e. The van der Waals surface area contributed by atoms with Gasteiger partial charge in [-0.2, -0.15) is 0 Å². The van der Waals surface area contributed by atoms with Gasteiger partial charge < -0.3 is 14.3 Å². The molecule has 1 N–H and O–H groups in total. The van der Waals surface area contributed by atoms with E-state index in [0.717, 1.165) is 42.0 Å². The van der Waals surface area contributed by atoms with E-state index in [9.17, 15) is 9.90 Å². The number of rotatable bonds is 7. The number of hydrogen-bond donors (Lipinski definition) is 1. The van der Waals surface area contributed by atoms with E-state index in [0.29, 0.717) is 19.0 Å². The number of carbonyl (C=O) groups is 1. The van der Waals surface area contributed by atoms with E-state index < -0.39 is 5.97 Å². The van der Waals surface area contributed by atoms with Gasteiger partial charge in [-0.1, -0.05) is 29.8 Å². The van der Waals surface area contributed by atoms with Crippen molar-refractivity contribution in [2.75, 3.05) is 6.54 Å². The molecule has 0 radical (unpaired) electrons. The average molecular weight is 392 g/mol. The summed E-state index contributed by atoms with van der Waals surface area (Å²) < 4.78 is 11.4. The largest absolute Gasteiger partial charge is 0.487 e. The molecule has 0 bridgehead atoms. The van der Waals surface area contributed by atoms with Gasteiger partial charge in [-0.25, -0.2) is 4.98 Å². The molecule has 1 saturated heterocycles. The number of carboxylic acids is 1. The van der Waals surface area contributed by atoms with Gasteiger partial charge >= 0.3 is 5.97 Å². The zero-order valence-corrected chi connectivity index (χ0v) is 16.4. The SMILES string of the molecule is Cc1ccc(-c2nc(COc3ccc(CN4CCC[C@@H]4C(=O)O)cc3)co2)cc1. The van der Waals surface area contributed by atoms with Gasteiger partial charge in [0.1, 0.15) is 30.4 Å². The number of hydrogen-bond acceptors (Lipinski definition) is 5. The minimum Gasteiger partial charge on any atom is -0.487 e. The van der Waals surface area contributed by atoms with E-state index in [4.69, 9.17) is 9.15 Å². The first-order chi connectivity index (χ1) is 14.1. The Balaban J connectivity index is 1.33. The Labute approximate surface area is 169 Å². The molecule has 4 rings (SSSR count). The Morgan fingerprint density at radius 2 is 1.97 bits per heavy atom. The molecular formula is C23H24N2O4. The number of nitrogens with zero attached hydrogens (tertiary/aromatic N) is 2. The second kappa shape index (κ2) is 8.49. The number of oxazole rings is 1. The van der Waals surface area contributed by atoms with Crippen LogP contribution in [0.5, 0.6) is 5.75 Å². The Morgan fingerprint density at radius 1 is 1.21 bits per heavy atom. The quantitative estimate of drug-likeness (QED) is 0.647. The standard InChI is InChI=1S/C23H24N2O4/c1-16-4-8-18(9-5-16)22-24-19(15-29-22)14-28-20-10-6-17(7-11-20)13-25-12-2-3-21(25)23(26)27/h4-11,15,21H,2-3,12-14H2,1H3,(H,26,27)/t21-/m1/s1. The molecule has 0 aliphatic carbocycles. The van der Waals surface area contributed by atoms with Crippen molar-refractivity contribution < 1.29 is 19.1 Å². The lowest BCUT2D eigenvalue weighted by Crippen LogP contribution is -2.35. The molecule has 0 amide bonds. The van der Waals surface area contributed by atoms with Crippen molar-refractivity contribution in [3.8, 4) is 17.2 Å². The molecule has 1 aliphatic heterocycles. The summed E-state index contributed by atoms with van der Waals surface area (Å²) in [6, 6.07) is 15.4. The zero-order valence-electron chi connectivity index (χ0n) is 16.4. The lowest BCUT2D eigenvalue weighted by atomic mass is 10.1. The molecule has 6 nitrogen and oxygen atoms in total. The van der Waals surface area contributed by atoms with Gasteiger partial charge in [-0.15, -0.1) is 0 Å². The summed E-state index contributed by atoms with van der Waals surface area (Å²) in [5.74, 6) is 0.586. The highest BCUT2D eigenvalue weighted by atomic mass is 16.5. The maximum atomic E-state index is 11.3. The number of carboxylic acid groups (broad SMARTS) is 1. The zero-order chi connectivity index (χ0) is 20.2. The number of aliphatic carboxylic acids is 1. The molecule has 0 saturated carbocycles. The van der Waals surface area contributed by atoms with E-state index in [2.05, 4.69) is 4.98 Å². The van der Waals surface area contributed by atoms with Crippen LogP contribution in [0.2, 0.25) is 0 Å². The third-order valence-electron chi connectivity index (χ3n) is 5.19. The van der Waals surface area contributed by atoms with Crippen LogP contribution in [0.1, 0.15) is 29.7 Å². The fourth-order valence-corrected chi connectivity index (χ4v) is 3.58. The van der Waals surface area contributed by atoms with E-state index in [1.807, 2.05) is 60.4 Å². The summed E-state index contributed by atoms with van der Waals surface area (Å²) in [6.45, 7) is 3.83. The van der Waals surface area contributed by atoms with Gasteiger partial charge in [0.25, 0.3) is 0 Å². The van der Waals surface area contributed by atoms with E-state index in [-0.39, 0.29) is 6.04 Å². The minimum absolute atomic E-state index is 0.321. The fourth-order valence-electron chi connectivity index (χ4n) is 3.58. The topological polar surface area (TPSA) is 75.8 Å². The predicted molar refractivity (Wildman–Crippen MR) is 109 cm³/mol. The molecule has 6 heteroatoms. The second-order valence-corrected chi connectivity index (χ2v) is 7.41. The summed E-state index contributed by atoms with van der Waals surface area (Å²) in [7, 11) is 0. The molecule has 150 valence electrons. The molecule has 0 unspecified atom stereocenters. The summed E-state index contributed by atoms with van der Waals surface area (Å²) in [6.07, 6.45) is 3.27. The van der Waals surface area contributed by atoms with Gasteiger partial charge in [0.2, 0.25) is 5.89 Å². The van der Waals surface area contributed by atoms with Crippen molar-refractivity contribution in [2.24, 2.45) is 0 Å². The van der Waals surface area contributed by atoms with Crippen molar-refractivity contribution >= 4 is 5.97 Å². The molecule has 1 fully saturated rings. The van der Waals surface area contributed by atoms with Crippen LogP contribution in [0.3, 0.4) is 0 Å². The molecule has 1 aliphatic rings. The molecule has 3 aromatic rings. The van der Waals surface area contributed by atoms with E-state index in [1.165, 1.54) is 5.56 Å². The molecule has 2 heterocycles. The monoisotopic (exact) mass is 392 g/mol. The number of aromatic nitrogens is 1. The van der Waals surface area contributed by atoms with Crippen LogP contribution in [0, 0.1) is 6.92 Å². The number of aryl methyl sites for hydroxylation is 1. The summed E-state index contributed by atoms with van der Waals surface area (Å²) >= 11 is 0. The van der Waals surface area contributed by atoms with Gasteiger partial charge in [0.15, 0.2) is 0 Å². The Kier molecular flexibility index (Phi) is 5.62. The molecule has 1 atom stereocenters. The maximum absolute atomic E-state index is 11.3. The molecule has 1 aromatic heterocycles. The van der Waals surface area contributed by atoms with Crippen molar-refractivity contribution in [3.05, 3.63) is 71.6 Å². The molecule has 0 spiro atoms. The maximum Gasteiger partial charge on any atom is 0.320 e.